The number of halogens is 3. The highest BCUT2D eigenvalue weighted by Gasteiger charge is 2.15. The molecule has 0 spiro atoms. The molecular weight excluding hydrogens is 371 g/mol. The molecule has 0 aliphatic heterocycles. The molecular formula is C17H15Cl3N2O2. The first-order chi connectivity index (χ1) is 11.3. The smallest absolute Gasteiger partial charge is 0.233 e. The molecule has 0 aliphatic carbocycles. The summed E-state index contributed by atoms with van der Waals surface area (Å²) < 4.78 is 0. The number of carbonyl (C=O) groups excluding carboxylic acids is 2. The fraction of sp³-hybridized carbons (Fsp3) is 0.176. The first-order valence-electron chi connectivity index (χ1n) is 7.08. The molecule has 2 rings (SSSR count). The van der Waals surface area contributed by atoms with E-state index in [-0.39, 0.29) is 12.1 Å². The minimum atomic E-state index is -0.525. The average Bonchev–Trinajstić information content (AvgIpc) is 2.47. The van der Waals surface area contributed by atoms with Gasteiger partial charge >= 0.3 is 0 Å². The molecule has 2 aromatic rings. The molecule has 0 aliphatic rings. The van der Waals surface area contributed by atoms with Crippen molar-refractivity contribution in [1.29, 1.82) is 0 Å². The van der Waals surface area contributed by atoms with Gasteiger partial charge in [0.05, 0.1) is 26.4 Å². The van der Waals surface area contributed by atoms with Crippen LogP contribution in [0.3, 0.4) is 0 Å². The van der Waals surface area contributed by atoms with E-state index in [0.717, 1.165) is 11.1 Å². The predicted octanol–water partition coefficient (Wildman–Crippen LogP) is 5.23. The second-order valence-electron chi connectivity index (χ2n) is 5.31. The molecule has 2 amide bonds. The van der Waals surface area contributed by atoms with E-state index in [9.17, 15) is 9.59 Å². The molecule has 0 unspecified atom stereocenters. The van der Waals surface area contributed by atoms with Crippen LogP contribution in [0.25, 0.3) is 0 Å². The third-order valence-electron chi connectivity index (χ3n) is 3.24. The van der Waals surface area contributed by atoms with E-state index in [2.05, 4.69) is 10.6 Å². The third-order valence-corrected chi connectivity index (χ3v) is 4.17. The highest BCUT2D eigenvalue weighted by molar-refractivity contribution is 6.40. The number of carbonyl (C=O) groups is 2. The molecule has 2 N–H and O–H groups in total. The molecule has 0 saturated carbocycles. The lowest BCUT2D eigenvalue weighted by atomic mass is 10.1. The SMILES string of the molecule is Cc1cc(C)c(NC(=O)CC(=O)Nc2c(Cl)cccc2Cl)c(Cl)c1. The van der Waals surface area contributed by atoms with Crippen LogP contribution in [0.2, 0.25) is 15.1 Å². The lowest BCUT2D eigenvalue weighted by molar-refractivity contribution is -0.123. The van der Waals surface area contributed by atoms with Crippen molar-refractivity contribution in [2.45, 2.75) is 20.3 Å². The second-order valence-corrected chi connectivity index (χ2v) is 6.53. The highest BCUT2D eigenvalue weighted by Crippen LogP contribution is 2.30. The lowest BCUT2D eigenvalue weighted by Crippen LogP contribution is -2.22. The fourth-order valence-corrected chi connectivity index (χ4v) is 3.06. The van der Waals surface area contributed by atoms with Gasteiger partial charge in [-0.1, -0.05) is 46.9 Å². The van der Waals surface area contributed by atoms with E-state index in [0.29, 0.717) is 20.8 Å². The molecule has 0 aromatic heterocycles. The monoisotopic (exact) mass is 384 g/mol. The number of rotatable bonds is 4. The Bertz CT molecular complexity index is 763. The van der Waals surface area contributed by atoms with Gasteiger partial charge in [-0.2, -0.15) is 0 Å². The Morgan fingerprint density at radius 2 is 1.42 bits per heavy atom. The zero-order valence-corrected chi connectivity index (χ0v) is 15.3. The average molecular weight is 386 g/mol. The topological polar surface area (TPSA) is 58.2 Å². The van der Waals surface area contributed by atoms with Crippen molar-refractivity contribution in [1.82, 2.24) is 0 Å². The lowest BCUT2D eigenvalue weighted by Gasteiger charge is -2.12. The van der Waals surface area contributed by atoms with Gasteiger partial charge in [-0.25, -0.2) is 0 Å². The van der Waals surface area contributed by atoms with E-state index in [1.807, 2.05) is 19.9 Å². The van der Waals surface area contributed by atoms with Crippen molar-refractivity contribution in [3.63, 3.8) is 0 Å². The van der Waals surface area contributed by atoms with Gasteiger partial charge in [0.25, 0.3) is 0 Å². The Hall–Kier alpha value is -1.75. The van der Waals surface area contributed by atoms with Gasteiger partial charge in [-0.05, 0) is 43.2 Å². The van der Waals surface area contributed by atoms with Crippen LogP contribution in [-0.4, -0.2) is 11.8 Å². The summed E-state index contributed by atoms with van der Waals surface area (Å²) in [5.41, 5.74) is 2.59. The van der Waals surface area contributed by atoms with E-state index < -0.39 is 11.8 Å². The zero-order chi connectivity index (χ0) is 17.9. The Balaban J connectivity index is 2.04. The Kier molecular flexibility index (Phi) is 6.10. The molecule has 126 valence electrons. The molecule has 0 heterocycles. The quantitative estimate of drug-likeness (QED) is 0.708. The summed E-state index contributed by atoms with van der Waals surface area (Å²) in [6, 6.07) is 8.49. The molecule has 0 saturated heterocycles. The summed E-state index contributed by atoms with van der Waals surface area (Å²) in [4.78, 5) is 24.1. The Labute approximate surface area is 155 Å². The van der Waals surface area contributed by atoms with Gasteiger partial charge in [0.1, 0.15) is 6.42 Å². The van der Waals surface area contributed by atoms with Crippen molar-refractivity contribution in [3.05, 3.63) is 56.5 Å². The van der Waals surface area contributed by atoms with Crippen molar-refractivity contribution >= 4 is 58.0 Å². The Morgan fingerprint density at radius 3 is 1.96 bits per heavy atom. The van der Waals surface area contributed by atoms with Crippen LogP contribution >= 0.6 is 34.8 Å². The maximum absolute atomic E-state index is 12.1. The van der Waals surface area contributed by atoms with Gasteiger partial charge < -0.3 is 10.6 Å². The number of benzene rings is 2. The maximum Gasteiger partial charge on any atom is 0.233 e. The van der Waals surface area contributed by atoms with E-state index in [1.165, 1.54) is 0 Å². The van der Waals surface area contributed by atoms with E-state index >= 15 is 0 Å². The summed E-state index contributed by atoms with van der Waals surface area (Å²) in [6.45, 7) is 3.74. The zero-order valence-electron chi connectivity index (χ0n) is 13.0. The normalized spacial score (nSPS) is 10.4. The number of anilines is 2. The highest BCUT2D eigenvalue weighted by atomic mass is 35.5. The molecule has 2 aromatic carbocycles. The molecule has 0 atom stereocenters. The Morgan fingerprint density at radius 1 is 0.875 bits per heavy atom. The number of hydrogen-bond donors (Lipinski definition) is 2. The summed E-state index contributed by atoms with van der Waals surface area (Å²) in [5.74, 6) is -1.01. The first kappa shape index (κ1) is 18.6. The van der Waals surface area contributed by atoms with Gasteiger partial charge in [0.15, 0.2) is 0 Å². The third kappa shape index (κ3) is 4.63. The summed E-state index contributed by atoms with van der Waals surface area (Å²) in [5, 5.41) is 6.22. The van der Waals surface area contributed by atoms with Crippen LogP contribution in [0.5, 0.6) is 0 Å². The van der Waals surface area contributed by atoms with Crippen LogP contribution in [0.15, 0.2) is 30.3 Å². The van der Waals surface area contributed by atoms with E-state index in [1.54, 1.807) is 24.3 Å². The largest absolute Gasteiger partial charge is 0.324 e. The molecule has 0 bridgehead atoms. The molecule has 7 heteroatoms. The second kappa shape index (κ2) is 7.88. The molecule has 0 radical (unpaired) electrons. The van der Waals surface area contributed by atoms with Crippen LogP contribution in [-0.2, 0) is 9.59 Å². The van der Waals surface area contributed by atoms with Crippen LogP contribution < -0.4 is 10.6 Å². The molecule has 24 heavy (non-hydrogen) atoms. The minimum Gasteiger partial charge on any atom is -0.324 e. The van der Waals surface area contributed by atoms with Gasteiger partial charge in [0.2, 0.25) is 11.8 Å². The number of aryl methyl sites for hydroxylation is 2. The van der Waals surface area contributed by atoms with Crippen molar-refractivity contribution in [2.24, 2.45) is 0 Å². The van der Waals surface area contributed by atoms with Crippen molar-refractivity contribution in [2.75, 3.05) is 10.6 Å². The minimum absolute atomic E-state index is 0.281. The van der Waals surface area contributed by atoms with Gasteiger partial charge in [0, 0.05) is 0 Å². The first-order valence-corrected chi connectivity index (χ1v) is 8.21. The van der Waals surface area contributed by atoms with Crippen LogP contribution in [0.1, 0.15) is 17.5 Å². The summed E-state index contributed by atoms with van der Waals surface area (Å²) >= 11 is 18.1. The standard InChI is InChI=1S/C17H15Cl3N2O2/c1-9-6-10(2)16(13(20)7-9)21-14(23)8-15(24)22-17-11(18)4-3-5-12(17)19/h3-7H,8H2,1-2H3,(H,21,23)(H,22,24). The van der Waals surface area contributed by atoms with Crippen LogP contribution in [0.4, 0.5) is 11.4 Å². The fourth-order valence-electron chi connectivity index (χ4n) is 2.20. The molecule has 4 nitrogen and oxygen atoms in total. The summed E-state index contributed by atoms with van der Waals surface area (Å²) in [6.07, 6.45) is -0.384. The van der Waals surface area contributed by atoms with E-state index in [4.69, 9.17) is 34.8 Å². The molecule has 0 fully saturated rings. The van der Waals surface area contributed by atoms with Crippen molar-refractivity contribution in [3.8, 4) is 0 Å². The number of amides is 2. The van der Waals surface area contributed by atoms with Crippen molar-refractivity contribution < 1.29 is 9.59 Å². The number of hydrogen-bond acceptors (Lipinski definition) is 2. The number of nitrogens with one attached hydrogen (secondary N) is 2. The summed E-state index contributed by atoms with van der Waals surface area (Å²) in [7, 11) is 0. The maximum atomic E-state index is 12.1. The predicted molar refractivity (Wildman–Crippen MR) is 99.3 cm³/mol. The van der Waals surface area contributed by atoms with Gasteiger partial charge in [-0.15, -0.1) is 0 Å². The van der Waals surface area contributed by atoms with Crippen LogP contribution in [0, 0.1) is 13.8 Å². The number of para-hydroxylation sites is 1. The van der Waals surface area contributed by atoms with Gasteiger partial charge in [-0.3, -0.25) is 9.59 Å².